The van der Waals surface area contributed by atoms with Gasteiger partial charge in [0.05, 0.1) is 19.3 Å². The maximum absolute atomic E-state index is 13.3. The maximum Gasteiger partial charge on any atom is 0.240 e. The van der Waals surface area contributed by atoms with Crippen LogP contribution in [0.5, 0.6) is 0 Å². The Bertz CT molecular complexity index is 864. The summed E-state index contributed by atoms with van der Waals surface area (Å²) in [5.74, 6) is 0.748. The number of aromatic nitrogens is 1. The molecule has 1 N–H and O–H groups in total. The van der Waals surface area contributed by atoms with E-state index < -0.39 is 0 Å². The Balaban J connectivity index is 1.75. The molecular weight excluding hydrogens is 350 g/mol. The lowest BCUT2D eigenvalue weighted by Crippen LogP contribution is -2.51. The van der Waals surface area contributed by atoms with Crippen LogP contribution in [0.15, 0.2) is 37.1 Å². The first-order valence-electron chi connectivity index (χ1n) is 10.4. The number of rotatable bonds is 5. The van der Waals surface area contributed by atoms with Gasteiger partial charge in [-0.1, -0.05) is 32.1 Å². The Labute approximate surface area is 167 Å². The minimum Gasteiger partial charge on any atom is -0.378 e. The van der Waals surface area contributed by atoms with Crippen molar-refractivity contribution in [2.75, 3.05) is 26.3 Å². The van der Waals surface area contributed by atoms with Gasteiger partial charge < -0.3 is 14.2 Å². The first-order valence-corrected chi connectivity index (χ1v) is 10.4. The molecule has 1 saturated heterocycles. The van der Waals surface area contributed by atoms with Crippen molar-refractivity contribution in [3.05, 3.63) is 48.2 Å². The van der Waals surface area contributed by atoms with Crippen LogP contribution in [0, 0.1) is 5.92 Å². The molecule has 0 aliphatic carbocycles. The summed E-state index contributed by atoms with van der Waals surface area (Å²) in [6.45, 7) is 11.8. The van der Waals surface area contributed by atoms with E-state index in [4.69, 9.17) is 4.74 Å². The molecule has 2 atom stereocenters. The molecule has 5 heteroatoms. The van der Waals surface area contributed by atoms with E-state index in [1.54, 1.807) is 0 Å². The zero-order valence-corrected chi connectivity index (χ0v) is 17.0. The van der Waals surface area contributed by atoms with Crippen LogP contribution in [0.25, 0.3) is 10.9 Å². The summed E-state index contributed by atoms with van der Waals surface area (Å²) in [4.78, 5) is 15.3. The van der Waals surface area contributed by atoms with Crippen molar-refractivity contribution in [3.63, 3.8) is 0 Å². The summed E-state index contributed by atoms with van der Waals surface area (Å²) in [7, 11) is 0. The predicted molar refractivity (Wildman–Crippen MR) is 112 cm³/mol. The van der Waals surface area contributed by atoms with Crippen LogP contribution < -0.4 is 5.32 Å². The molecule has 5 nitrogen and oxygen atoms in total. The van der Waals surface area contributed by atoms with Crippen LogP contribution >= 0.6 is 0 Å². The van der Waals surface area contributed by atoms with Crippen molar-refractivity contribution < 1.29 is 9.53 Å². The molecule has 2 aliphatic rings. The van der Waals surface area contributed by atoms with E-state index in [9.17, 15) is 4.79 Å². The van der Waals surface area contributed by atoms with Gasteiger partial charge in [-0.05, 0) is 36.0 Å². The molecular formula is C23H31N3O2. The highest BCUT2D eigenvalue weighted by Crippen LogP contribution is 2.36. The van der Waals surface area contributed by atoms with E-state index in [-0.39, 0.29) is 18.0 Å². The van der Waals surface area contributed by atoms with Gasteiger partial charge in [0.25, 0.3) is 0 Å². The zero-order chi connectivity index (χ0) is 19.7. The van der Waals surface area contributed by atoms with Crippen molar-refractivity contribution in [1.82, 2.24) is 14.8 Å². The Kier molecular flexibility index (Phi) is 5.56. The van der Waals surface area contributed by atoms with Gasteiger partial charge in [-0.3, -0.25) is 10.1 Å². The summed E-state index contributed by atoms with van der Waals surface area (Å²) in [6, 6.07) is 6.53. The molecule has 1 aromatic heterocycles. The molecule has 2 aliphatic heterocycles. The fraction of sp³-hybridized carbons (Fsp3) is 0.522. The Morgan fingerprint density at radius 2 is 2.14 bits per heavy atom. The van der Waals surface area contributed by atoms with Gasteiger partial charge in [0.15, 0.2) is 0 Å². The number of carbonyl (C=O) groups is 1. The van der Waals surface area contributed by atoms with Crippen molar-refractivity contribution >= 4 is 16.8 Å². The standard InChI is InChI=1S/C23H31N3O2/c1-4-8-26-15-17-14-20(23(27)25-9-11-28-12-10-25)24-19(13-16(2)3)18-6-5-7-21(26)22(17)18/h4-7,15-16,19-20,24H,1,8-14H2,2-3H3. The van der Waals surface area contributed by atoms with Crippen molar-refractivity contribution in [1.29, 1.82) is 0 Å². The third-order valence-electron chi connectivity index (χ3n) is 5.87. The van der Waals surface area contributed by atoms with E-state index in [0.29, 0.717) is 32.2 Å². The van der Waals surface area contributed by atoms with Gasteiger partial charge in [0, 0.05) is 42.8 Å². The molecule has 3 heterocycles. The monoisotopic (exact) mass is 381 g/mol. The predicted octanol–water partition coefficient (Wildman–Crippen LogP) is 3.29. The summed E-state index contributed by atoms with van der Waals surface area (Å²) in [5, 5.41) is 5.05. The van der Waals surface area contributed by atoms with Gasteiger partial charge in [0.2, 0.25) is 5.91 Å². The molecule has 2 aromatic rings. The van der Waals surface area contributed by atoms with Crippen LogP contribution in [-0.4, -0.2) is 47.7 Å². The lowest BCUT2D eigenvalue weighted by Gasteiger charge is -2.32. The number of nitrogens with zero attached hydrogens (tertiary/aromatic N) is 2. The second kappa shape index (κ2) is 8.10. The molecule has 2 unspecified atom stereocenters. The van der Waals surface area contributed by atoms with Gasteiger partial charge >= 0.3 is 0 Å². The molecule has 4 rings (SSSR count). The SMILES string of the molecule is C=CCn1cc2c3c(cccc31)C(CC(C)C)NC(C(=O)N1CCOCC1)C2. The van der Waals surface area contributed by atoms with E-state index >= 15 is 0 Å². The number of benzene rings is 1. The quantitative estimate of drug-likeness (QED) is 0.809. The number of nitrogens with one attached hydrogen (secondary N) is 1. The third-order valence-corrected chi connectivity index (χ3v) is 5.87. The Morgan fingerprint density at radius 1 is 1.36 bits per heavy atom. The highest BCUT2D eigenvalue weighted by molar-refractivity contribution is 5.90. The minimum atomic E-state index is -0.197. The average Bonchev–Trinajstić information content (AvgIpc) is 2.96. The van der Waals surface area contributed by atoms with Crippen molar-refractivity contribution in [3.8, 4) is 0 Å². The Hall–Kier alpha value is -2.11. The molecule has 0 bridgehead atoms. The number of hydrogen-bond acceptors (Lipinski definition) is 3. The second-order valence-corrected chi connectivity index (χ2v) is 8.38. The number of hydrogen-bond donors (Lipinski definition) is 1. The van der Waals surface area contributed by atoms with Crippen LogP contribution in [0.2, 0.25) is 0 Å². The average molecular weight is 382 g/mol. The fourth-order valence-corrected chi connectivity index (χ4v) is 4.64. The van der Waals surface area contributed by atoms with E-state index in [1.165, 1.54) is 22.0 Å². The Morgan fingerprint density at radius 3 is 2.86 bits per heavy atom. The van der Waals surface area contributed by atoms with E-state index in [2.05, 4.69) is 54.7 Å². The van der Waals surface area contributed by atoms with Crippen LogP contribution in [0.4, 0.5) is 0 Å². The smallest absolute Gasteiger partial charge is 0.240 e. The van der Waals surface area contributed by atoms with E-state index in [0.717, 1.165) is 19.4 Å². The largest absolute Gasteiger partial charge is 0.378 e. The molecule has 1 fully saturated rings. The highest BCUT2D eigenvalue weighted by atomic mass is 16.5. The highest BCUT2D eigenvalue weighted by Gasteiger charge is 2.33. The summed E-state index contributed by atoms with van der Waals surface area (Å²) in [5.41, 5.74) is 3.82. The summed E-state index contributed by atoms with van der Waals surface area (Å²) >= 11 is 0. The van der Waals surface area contributed by atoms with Crippen molar-refractivity contribution in [2.24, 2.45) is 5.92 Å². The number of ether oxygens (including phenoxy) is 1. The zero-order valence-electron chi connectivity index (χ0n) is 17.0. The number of morpholine rings is 1. The molecule has 150 valence electrons. The molecule has 0 radical (unpaired) electrons. The lowest BCUT2D eigenvalue weighted by atomic mass is 9.94. The van der Waals surface area contributed by atoms with Crippen molar-refractivity contribution in [2.45, 2.75) is 45.3 Å². The normalized spacial score (nSPS) is 22.5. The van der Waals surface area contributed by atoms with Gasteiger partial charge in [-0.25, -0.2) is 0 Å². The topological polar surface area (TPSA) is 46.5 Å². The fourth-order valence-electron chi connectivity index (χ4n) is 4.64. The van der Waals surface area contributed by atoms with Crippen LogP contribution in [0.3, 0.4) is 0 Å². The summed E-state index contributed by atoms with van der Waals surface area (Å²) < 4.78 is 7.70. The first-order chi connectivity index (χ1) is 13.6. The number of allylic oxidation sites excluding steroid dienone is 1. The summed E-state index contributed by atoms with van der Waals surface area (Å²) in [6.07, 6.45) is 5.89. The van der Waals surface area contributed by atoms with Gasteiger partial charge in [-0.15, -0.1) is 6.58 Å². The second-order valence-electron chi connectivity index (χ2n) is 8.38. The molecule has 28 heavy (non-hydrogen) atoms. The number of carbonyl (C=O) groups excluding carboxylic acids is 1. The van der Waals surface area contributed by atoms with Gasteiger partial charge in [0.1, 0.15) is 0 Å². The molecule has 1 aromatic carbocycles. The van der Waals surface area contributed by atoms with Crippen LogP contribution in [-0.2, 0) is 22.5 Å². The lowest BCUT2D eigenvalue weighted by molar-refractivity contribution is -0.137. The first kappa shape index (κ1) is 19.2. The molecule has 1 amide bonds. The van der Waals surface area contributed by atoms with Gasteiger partial charge in [-0.2, -0.15) is 0 Å². The third kappa shape index (κ3) is 3.61. The maximum atomic E-state index is 13.3. The molecule has 0 saturated carbocycles. The number of amides is 1. The minimum absolute atomic E-state index is 0.180. The van der Waals surface area contributed by atoms with Crippen LogP contribution in [0.1, 0.15) is 37.4 Å². The molecule has 0 spiro atoms. The van der Waals surface area contributed by atoms with E-state index in [1.807, 2.05) is 11.0 Å².